The Morgan fingerprint density at radius 1 is 1.31 bits per heavy atom. The first-order valence-electron chi connectivity index (χ1n) is 6.31. The third-order valence-corrected chi connectivity index (χ3v) is 2.96. The SMILES string of the molecule is CC(N)CN(C)CC(=O)N1CCCCCC1. The van der Waals surface area contributed by atoms with Crippen LogP contribution in [0.25, 0.3) is 0 Å². The van der Waals surface area contributed by atoms with Crippen LogP contribution in [0.15, 0.2) is 0 Å². The molecule has 4 nitrogen and oxygen atoms in total. The Hall–Kier alpha value is -0.610. The van der Waals surface area contributed by atoms with Crippen molar-refractivity contribution in [2.45, 2.75) is 38.6 Å². The van der Waals surface area contributed by atoms with Gasteiger partial charge in [-0.05, 0) is 26.8 Å². The lowest BCUT2D eigenvalue weighted by atomic mass is 10.2. The van der Waals surface area contributed by atoms with Gasteiger partial charge in [-0.2, -0.15) is 0 Å². The zero-order valence-electron chi connectivity index (χ0n) is 10.6. The maximum atomic E-state index is 12.0. The third kappa shape index (κ3) is 4.94. The predicted octanol–water partition coefficient (Wildman–Crippen LogP) is 0.668. The van der Waals surface area contributed by atoms with Gasteiger partial charge in [0, 0.05) is 25.7 Å². The highest BCUT2D eigenvalue weighted by Crippen LogP contribution is 2.09. The van der Waals surface area contributed by atoms with Crippen LogP contribution < -0.4 is 5.73 Å². The van der Waals surface area contributed by atoms with Crippen molar-refractivity contribution in [3.63, 3.8) is 0 Å². The molecule has 1 fully saturated rings. The Morgan fingerprint density at radius 3 is 2.38 bits per heavy atom. The van der Waals surface area contributed by atoms with Gasteiger partial charge in [0.05, 0.1) is 6.54 Å². The number of amides is 1. The van der Waals surface area contributed by atoms with E-state index >= 15 is 0 Å². The third-order valence-electron chi connectivity index (χ3n) is 2.96. The molecular formula is C12H25N3O. The molecule has 0 aromatic heterocycles. The van der Waals surface area contributed by atoms with Crippen molar-refractivity contribution in [2.24, 2.45) is 5.73 Å². The highest BCUT2D eigenvalue weighted by Gasteiger charge is 2.17. The average Bonchev–Trinajstić information content (AvgIpc) is 2.43. The molecule has 0 aromatic carbocycles. The van der Waals surface area contributed by atoms with Gasteiger partial charge in [0.1, 0.15) is 0 Å². The number of rotatable bonds is 4. The van der Waals surface area contributed by atoms with Gasteiger partial charge < -0.3 is 10.6 Å². The highest BCUT2D eigenvalue weighted by atomic mass is 16.2. The van der Waals surface area contributed by atoms with Gasteiger partial charge >= 0.3 is 0 Å². The van der Waals surface area contributed by atoms with E-state index in [0.717, 1.165) is 32.5 Å². The van der Waals surface area contributed by atoms with E-state index in [-0.39, 0.29) is 11.9 Å². The topological polar surface area (TPSA) is 49.6 Å². The van der Waals surface area contributed by atoms with Crippen LogP contribution in [0.1, 0.15) is 32.6 Å². The van der Waals surface area contributed by atoms with Crippen LogP contribution in [-0.4, -0.2) is 55.0 Å². The lowest BCUT2D eigenvalue weighted by Crippen LogP contribution is -2.42. The van der Waals surface area contributed by atoms with Crippen LogP contribution in [0.3, 0.4) is 0 Å². The zero-order valence-corrected chi connectivity index (χ0v) is 10.6. The zero-order chi connectivity index (χ0) is 12.0. The molecule has 2 N–H and O–H groups in total. The standard InChI is InChI=1S/C12H25N3O/c1-11(13)9-14(2)10-12(16)15-7-5-3-4-6-8-15/h11H,3-10,13H2,1-2H3. The fourth-order valence-electron chi connectivity index (χ4n) is 2.21. The predicted molar refractivity (Wildman–Crippen MR) is 66.2 cm³/mol. The minimum absolute atomic E-state index is 0.127. The van der Waals surface area contributed by atoms with E-state index in [4.69, 9.17) is 5.73 Å². The second kappa shape index (κ2) is 6.86. The van der Waals surface area contributed by atoms with Crippen molar-refractivity contribution >= 4 is 5.91 Å². The smallest absolute Gasteiger partial charge is 0.236 e. The summed E-state index contributed by atoms with van der Waals surface area (Å²) in [7, 11) is 1.96. The molecule has 4 heteroatoms. The van der Waals surface area contributed by atoms with Gasteiger partial charge in [-0.3, -0.25) is 9.69 Å². The molecule has 1 aliphatic rings. The Morgan fingerprint density at radius 2 is 1.88 bits per heavy atom. The molecule has 0 aliphatic carbocycles. The van der Waals surface area contributed by atoms with Crippen LogP contribution in [0.2, 0.25) is 0 Å². The van der Waals surface area contributed by atoms with Crippen molar-refractivity contribution < 1.29 is 4.79 Å². The molecule has 1 saturated heterocycles. The molecule has 0 aromatic rings. The van der Waals surface area contributed by atoms with Gasteiger partial charge in [-0.15, -0.1) is 0 Å². The Bertz CT molecular complexity index is 210. The summed E-state index contributed by atoms with van der Waals surface area (Å²) < 4.78 is 0. The molecule has 1 rings (SSSR count). The Kier molecular flexibility index (Phi) is 5.77. The lowest BCUT2D eigenvalue weighted by molar-refractivity contribution is -0.132. The molecule has 1 unspecified atom stereocenters. The van der Waals surface area contributed by atoms with Crippen LogP contribution in [0.5, 0.6) is 0 Å². The van der Waals surface area contributed by atoms with Crippen molar-refractivity contribution in [1.29, 1.82) is 0 Å². The fraction of sp³-hybridized carbons (Fsp3) is 0.917. The summed E-state index contributed by atoms with van der Waals surface area (Å²) >= 11 is 0. The molecule has 1 atom stereocenters. The number of hydrogen-bond donors (Lipinski definition) is 1. The number of nitrogens with two attached hydrogens (primary N) is 1. The molecule has 0 spiro atoms. The summed E-state index contributed by atoms with van der Waals surface area (Å²) in [5, 5.41) is 0. The second-order valence-corrected chi connectivity index (χ2v) is 4.97. The van der Waals surface area contributed by atoms with Gasteiger partial charge in [0.15, 0.2) is 0 Å². The molecule has 16 heavy (non-hydrogen) atoms. The Labute approximate surface area is 98.8 Å². The van der Waals surface area contributed by atoms with E-state index in [1.54, 1.807) is 0 Å². The summed E-state index contributed by atoms with van der Waals surface area (Å²) in [5.74, 6) is 0.255. The maximum absolute atomic E-state index is 12.0. The van der Waals surface area contributed by atoms with Crippen molar-refractivity contribution in [1.82, 2.24) is 9.80 Å². The minimum Gasteiger partial charge on any atom is -0.342 e. The molecule has 1 aliphatic heterocycles. The number of nitrogens with zero attached hydrogens (tertiary/aromatic N) is 2. The summed E-state index contributed by atoms with van der Waals surface area (Å²) in [6, 6.07) is 0.127. The Balaban J connectivity index is 2.32. The first-order valence-corrected chi connectivity index (χ1v) is 6.31. The van der Waals surface area contributed by atoms with E-state index in [0.29, 0.717) is 6.54 Å². The number of carbonyl (C=O) groups excluding carboxylic acids is 1. The molecule has 1 heterocycles. The van der Waals surface area contributed by atoms with E-state index in [1.807, 2.05) is 23.8 Å². The summed E-state index contributed by atoms with van der Waals surface area (Å²) in [5.41, 5.74) is 5.71. The quantitative estimate of drug-likeness (QED) is 0.768. The summed E-state index contributed by atoms with van der Waals surface area (Å²) in [6.45, 7) is 5.11. The number of carbonyl (C=O) groups is 1. The largest absolute Gasteiger partial charge is 0.342 e. The second-order valence-electron chi connectivity index (χ2n) is 4.97. The first-order chi connectivity index (χ1) is 7.59. The van der Waals surface area contributed by atoms with Crippen molar-refractivity contribution in [3.8, 4) is 0 Å². The highest BCUT2D eigenvalue weighted by molar-refractivity contribution is 5.78. The molecule has 0 radical (unpaired) electrons. The summed E-state index contributed by atoms with van der Waals surface area (Å²) in [6.07, 6.45) is 4.84. The first kappa shape index (κ1) is 13.5. The number of hydrogen-bond acceptors (Lipinski definition) is 3. The lowest BCUT2D eigenvalue weighted by Gasteiger charge is -2.24. The van der Waals surface area contributed by atoms with E-state index in [1.165, 1.54) is 12.8 Å². The molecule has 0 bridgehead atoms. The van der Waals surface area contributed by atoms with Gasteiger partial charge in [-0.1, -0.05) is 12.8 Å². The van der Waals surface area contributed by atoms with Crippen molar-refractivity contribution in [2.75, 3.05) is 33.2 Å². The molecule has 94 valence electrons. The van der Waals surface area contributed by atoms with Crippen LogP contribution >= 0.6 is 0 Å². The van der Waals surface area contributed by atoms with E-state index in [9.17, 15) is 4.79 Å². The van der Waals surface area contributed by atoms with Gasteiger partial charge in [0.2, 0.25) is 5.91 Å². The normalized spacial score (nSPS) is 19.6. The van der Waals surface area contributed by atoms with Gasteiger partial charge in [-0.25, -0.2) is 0 Å². The number of likely N-dealkylation sites (N-methyl/N-ethyl adjacent to an activating group) is 1. The van der Waals surface area contributed by atoms with Crippen LogP contribution in [0, 0.1) is 0 Å². The molecule has 1 amide bonds. The minimum atomic E-state index is 0.127. The van der Waals surface area contributed by atoms with Gasteiger partial charge in [0.25, 0.3) is 0 Å². The monoisotopic (exact) mass is 227 g/mol. The van der Waals surface area contributed by atoms with Crippen LogP contribution in [0.4, 0.5) is 0 Å². The average molecular weight is 227 g/mol. The van der Waals surface area contributed by atoms with Crippen molar-refractivity contribution in [3.05, 3.63) is 0 Å². The molecular weight excluding hydrogens is 202 g/mol. The van der Waals surface area contributed by atoms with Crippen LogP contribution in [-0.2, 0) is 4.79 Å². The fourth-order valence-corrected chi connectivity index (χ4v) is 2.21. The summed E-state index contributed by atoms with van der Waals surface area (Å²) in [4.78, 5) is 16.0. The van der Waals surface area contributed by atoms with E-state index < -0.39 is 0 Å². The van der Waals surface area contributed by atoms with E-state index in [2.05, 4.69) is 0 Å². The number of likely N-dealkylation sites (tertiary alicyclic amines) is 1. The molecule has 0 saturated carbocycles. The maximum Gasteiger partial charge on any atom is 0.236 e.